The fourth-order valence-corrected chi connectivity index (χ4v) is 4.03. The highest BCUT2D eigenvalue weighted by Crippen LogP contribution is 2.42. The number of pyridine rings is 1. The van der Waals surface area contributed by atoms with E-state index < -0.39 is 5.92 Å². The van der Waals surface area contributed by atoms with Gasteiger partial charge in [0, 0.05) is 18.3 Å². The van der Waals surface area contributed by atoms with Crippen molar-refractivity contribution in [3.8, 4) is 17.6 Å². The number of hydrogen-bond donors (Lipinski definition) is 1. The van der Waals surface area contributed by atoms with Crippen LogP contribution in [-0.2, 0) is 6.54 Å². The van der Waals surface area contributed by atoms with Gasteiger partial charge >= 0.3 is 0 Å². The van der Waals surface area contributed by atoms with E-state index in [-0.39, 0.29) is 17.0 Å². The normalized spacial score (nSPS) is 15.8. The third kappa shape index (κ3) is 3.40. The maximum absolute atomic E-state index is 13.4. The summed E-state index contributed by atoms with van der Waals surface area (Å²) in [5, 5.41) is 9.74. The number of hydrogen-bond acceptors (Lipinski definition) is 5. The second kappa shape index (κ2) is 7.72. The minimum Gasteiger partial charge on any atom is -0.496 e. The van der Waals surface area contributed by atoms with Crippen LogP contribution in [0.5, 0.6) is 11.5 Å². The van der Waals surface area contributed by atoms with E-state index in [1.165, 1.54) is 0 Å². The molecule has 28 heavy (non-hydrogen) atoms. The maximum atomic E-state index is 13.4. The van der Waals surface area contributed by atoms with Gasteiger partial charge in [-0.15, -0.1) is 0 Å². The molecule has 0 aliphatic carbocycles. The SMILES string of the molecule is COc1ccc(C2C(C#N)=C(N)Oc3cc(C)n(CC(C)C)c(=O)c32)cc1Br. The number of nitrogens with zero attached hydrogens (tertiary/aromatic N) is 2. The molecule has 0 radical (unpaired) electrons. The average Bonchev–Trinajstić information content (AvgIpc) is 2.63. The van der Waals surface area contributed by atoms with Gasteiger partial charge in [0.15, 0.2) is 0 Å². The van der Waals surface area contributed by atoms with Crippen molar-refractivity contribution in [2.45, 2.75) is 33.2 Å². The standard InChI is InChI=1S/C21H22BrN3O3/c1-11(2)10-25-12(3)7-17-19(21(25)26)18(14(9-23)20(24)28-17)13-5-6-16(27-4)15(22)8-13/h5-8,11,18H,10,24H2,1-4H3. The summed E-state index contributed by atoms with van der Waals surface area (Å²) in [6.07, 6.45) is 0. The Morgan fingerprint density at radius 3 is 2.68 bits per heavy atom. The zero-order valence-corrected chi connectivity index (χ0v) is 17.8. The van der Waals surface area contributed by atoms with Crippen molar-refractivity contribution in [2.24, 2.45) is 11.7 Å². The van der Waals surface area contributed by atoms with Gasteiger partial charge in [-0.1, -0.05) is 19.9 Å². The monoisotopic (exact) mass is 443 g/mol. The molecule has 1 aromatic carbocycles. The quantitative estimate of drug-likeness (QED) is 0.775. The molecule has 2 N–H and O–H groups in total. The Morgan fingerprint density at radius 1 is 1.39 bits per heavy atom. The van der Waals surface area contributed by atoms with Gasteiger partial charge in [0.1, 0.15) is 23.1 Å². The second-order valence-corrected chi connectivity index (χ2v) is 8.05. The fourth-order valence-electron chi connectivity index (χ4n) is 3.47. The van der Waals surface area contributed by atoms with Crippen molar-refractivity contribution in [3.63, 3.8) is 0 Å². The lowest BCUT2D eigenvalue weighted by Crippen LogP contribution is -2.33. The van der Waals surface area contributed by atoms with Crippen LogP contribution in [0.25, 0.3) is 0 Å². The van der Waals surface area contributed by atoms with Gasteiger partial charge in [-0.2, -0.15) is 5.26 Å². The van der Waals surface area contributed by atoms with Crippen LogP contribution < -0.4 is 20.8 Å². The summed E-state index contributed by atoms with van der Waals surface area (Å²) < 4.78 is 13.4. The van der Waals surface area contributed by atoms with E-state index in [1.54, 1.807) is 17.7 Å². The Bertz CT molecular complexity index is 1060. The van der Waals surface area contributed by atoms with E-state index in [4.69, 9.17) is 15.2 Å². The molecular formula is C21H22BrN3O3. The van der Waals surface area contributed by atoms with E-state index in [1.807, 2.05) is 25.1 Å². The minimum absolute atomic E-state index is 0.0207. The molecule has 0 bridgehead atoms. The Kier molecular flexibility index (Phi) is 5.52. The molecule has 0 saturated carbocycles. The molecule has 2 aromatic rings. The molecule has 7 heteroatoms. The van der Waals surface area contributed by atoms with E-state index in [2.05, 4.69) is 35.8 Å². The molecule has 6 nitrogen and oxygen atoms in total. The number of nitriles is 1. The summed E-state index contributed by atoms with van der Waals surface area (Å²) in [6, 6.07) is 9.41. The molecule has 0 fully saturated rings. The molecule has 1 aromatic heterocycles. The number of allylic oxidation sites excluding steroid dienone is 1. The average molecular weight is 444 g/mol. The highest BCUT2D eigenvalue weighted by molar-refractivity contribution is 9.10. The first kappa shape index (κ1) is 20.0. The number of ether oxygens (including phenoxy) is 2. The second-order valence-electron chi connectivity index (χ2n) is 7.19. The third-order valence-corrected chi connectivity index (χ3v) is 5.37. The zero-order chi connectivity index (χ0) is 20.6. The molecule has 146 valence electrons. The number of aryl methyl sites for hydroxylation is 1. The zero-order valence-electron chi connectivity index (χ0n) is 16.2. The highest BCUT2D eigenvalue weighted by atomic mass is 79.9. The molecule has 0 spiro atoms. The van der Waals surface area contributed by atoms with Crippen LogP contribution in [-0.4, -0.2) is 11.7 Å². The van der Waals surface area contributed by atoms with E-state index >= 15 is 0 Å². The van der Waals surface area contributed by atoms with Gasteiger partial charge in [-0.3, -0.25) is 4.79 Å². The first-order valence-electron chi connectivity index (χ1n) is 8.93. The molecular weight excluding hydrogens is 422 g/mol. The van der Waals surface area contributed by atoms with Crippen molar-refractivity contribution in [1.29, 1.82) is 5.26 Å². The predicted octanol–water partition coefficient (Wildman–Crippen LogP) is 3.80. The highest BCUT2D eigenvalue weighted by Gasteiger charge is 2.34. The number of halogens is 1. The third-order valence-electron chi connectivity index (χ3n) is 4.75. The van der Waals surface area contributed by atoms with Gasteiger partial charge < -0.3 is 19.8 Å². The van der Waals surface area contributed by atoms with Gasteiger partial charge in [0.05, 0.1) is 23.1 Å². The largest absolute Gasteiger partial charge is 0.496 e. The number of methoxy groups -OCH3 is 1. The van der Waals surface area contributed by atoms with Crippen molar-refractivity contribution in [2.75, 3.05) is 7.11 Å². The van der Waals surface area contributed by atoms with E-state index in [0.29, 0.717) is 29.5 Å². The maximum Gasteiger partial charge on any atom is 0.258 e. The molecule has 1 aliphatic rings. The molecule has 0 saturated heterocycles. The minimum atomic E-state index is -0.609. The van der Waals surface area contributed by atoms with Crippen molar-refractivity contribution < 1.29 is 9.47 Å². The molecule has 3 rings (SSSR count). The van der Waals surface area contributed by atoms with E-state index in [9.17, 15) is 10.1 Å². The summed E-state index contributed by atoms with van der Waals surface area (Å²) in [5.74, 6) is 0.766. The first-order valence-corrected chi connectivity index (χ1v) is 9.73. The smallest absolute Gasteiger partial charge is 0.258 e. The van der Waals surface area contributed by atoms with Crippen LogP contribution in [0.3, 0.4) is 0 Å². The number of benzene rings is 1. The molecule has 2 heterocycles. The summed E-state index contributed by atoms with van der Waals surface area (Å²) in [6.45, 7) is 6.56. The summed E-state index contributed by atoms with van der Waals surface area (Å²) >= 11 is 3.48. The van der Waals surface area contributed by atoms with E-state index in [0.717, 1.165) is 15.7 Å². The lowest BCUT2D eigenvalue weighted by Gasteiger charge is -2.28. The lowest BCUT2D eigenvalue weighted by molar-refractivity contribution is 0.385. The Balaban J connectivity index is 2.29. The summed E-state index contributed by atoms with van der Waals surface area (Å²) in [5.41, 5.74) is 8.07. The number of nitrogens with two attached hydrogens (primary N) is 1. The Labute approximate surface area is 172 Å². The first-order chi connectivity index (χ1) is 13.3. The van der Waals surface area contributed by atoms with Crippen LogP contribution in [0, 0.1) is 24.2 Å². The Hall–Kier alpha value is -2.72. The Morgan fingerprint density at radius 2 is 2.11 bits per heavy atom. The lowest BCUT2D eigenvalue weighted by atomic mass is 9.84. The summed E-state index contributed by atoms with van der Waals surface area (Å²) in [7, 11) is 1.58. The van der Waals surface area contributed by atoms with Crippen molar-refractivity contribution >= 4 is 15.9 Å². The van der Waals surface area contributed by atoms with Crippen LogP contribution in [0.15, 0.2) is 45.0 Å². The van der Waals surface area contributed by atoms with Crippen LogP contribution in [0.2, 0.25) is 0 Å². The van der Waals surface area contributed by atoms with Crippen LogP contribution in [0.4, 0.5) is 0 Å². The van der Waals surface area contributed by atoms with Gasteiger partial charge in [-0.25, -0.2) is 0 Å². The molecule has 1 atom stereocenters. The molecule has 1 unspecified atom stereocenters. The number of fused-ring (bicyclic) bond motifs is 1. The topological polar surface area (TPSA) is 90.3 Å². The van der Waals surface area contributed by atoms with Gasteiger partial charge in [0.25, 0.3) is 5.56 Å². The van der Waals surface area contributed by atoms with Crippen LogP contribution in [0.1, 0.15) is 36.6 Å². The predicted molar refractivity (Wildman–Crippen MR) is 110 cm³/mol. The molecule has 1 aliphatic heterocycles. The summed E-state index contributed by atoms with van der Waals surface area (Å²) in [4.78, 5) is 13.4. The molecule has 0 amide bonds. The number of aromatic nitrogens is 1. The van der Waals surface area contributed by atoms with Crippen LogP contribution >= 0.6 is 15.9 Å². The van der Waals surface area contributed by atoms with Gasteiger partial charge in [0.2, 0.25) is 5.88 Å². The van der Waals surface area contributed by atoms with Crippen molar-refractivity contribution in [3.05, 3.63) is 67.4 Å². The van der Waals surface area contributed by atoms with Gasteiger partial charge in [-0.05, 0) is 46.5 Å². The fraction of sp³-hybridized carbons (Fsp3) is 0.333. The number of rotatable bonds is 4. The van der Waals surface area contributed by atoms with Crippen molar-refractivity contribution in [1.82, 2.24) is 4.57 Å².